The van der Waals surface area contributed by atoms with E-state index < -0.39 is 22.5 Å². The number of hydrogen-bond acceptors (Lipinski definition) is 5. The molecule has 0 aliphatic rings. The number of thioether (sulfide) groups is 1. The second kappa shape index (κ2) is 11.7. The number of carbonyl (C=O) groups is 1. The van der Waals surface area contributed by atoms with Crippen molar-refractivity contribution >= 4 is 56.6 Å². The van der Waals surface area contributed by atoms with Crippen LogP contribution in [0.5, 0.6) is 0 Å². The predicted molar refractivity (Wildman–Crippen MR) is 130 cm³/mol. The van der Waals surface area contributed by atoms with E-state index in [1.54, 1.807) is 36.2 Å². The van der Waals surface area contributed by atoms with Crippen LogP contribution in [-0.2, 0) is 20.6 Å². The molecule has 10 heteroatoms. The Morgan fingerprint density at radius 3 is 2.53 bits per heavy atom. The van der Waals surface area contributed by atoms with Gasteiger partial charge in [-0.2, -0.15) is 11.8 Å². The summed E-state index contributed by atoms with van der Waals surface area (Å²) < 4.78 is 32.8. The molecule has 0 fully saturated rings. The summed E-state index contributed by atoms with van der Waals surface area (Å²) in [4.78, 5) is 12.7. The van der Waals surface area contributed by atoms with Crippen LogP contribution in [0.3, 0.4) is 0 Å². The van der Waals surface area contributed by atoms with Gasteiger partial charge in [0.15, 0.2) is 0 Å². The van der Waals surface area contributed by atoms with Crippen LogP contribution in [0.25, 0.3) is 0 Å². The molecule has 3 rings (SSSR count). The van der Waals surface area contributed by atoms with Gasteiger partial charge in [0.2, 0.25) is 5.91 Å². The van der Waals surface area contributed by atoms with E-state index >= 15 is 0 Å². The molecule has 1 N–H and O–H groups in total. The van der Waals surface area contributed by atoms with Crippen molar-refractivity contribution in [3.8, 4) is 0 Å². The van der Waals surface area contributed by atoms with Crippen LogP contribution in [0.2, 0.25) is 10.0 Å². The number of benzene rings is 2. The van der Waals surface area contributed by atoms with Gasteiger partial charge in [0, 0.05) is 11.6 Å². The molecule has 1 aromatic heterocycles. The normalized spacial score (nSPS) is 11.3. The lowest BCUT2D eigenvalue weighted by Gasteiger charge is -2.25. The highest BCUT2D eigenvalue weighted by atomic mass is 35.5. The number of sulfonamides is 1. The molecule has 0 atom stereocenters. The van der Waals surface area contributed by atoms with Gasteiger partial charge in [-0.15, -0.1) is 0 Å². The van der Waals surface area contributed by atoms with E-state index in [-0.39, 0.29) is 15.6 Å². The SMILES string of the molecule is O=C(CN(c1ccc(Cl)cc1Cl)S(=O)(=O)c1ccccc1)NCCCSCc1ccco1. The summed E-state index contributed by atoms with van der Waals surface area (Å²) in [5.41, 5.74) is 0.184. The molecule has 1 heterocycles. The Hall–Kier alpha value is -2.13. The van der Waals surface area contributed by atoms with Gasteiger partial charge in [-0.25, -0.2) is 8.42 Å². The summed E-state index contributed by atoms with van der Waals surface area (Å²) in [6.07, 6.45) is 2.38. The first-order valence-electron chi connectivity index (χ1n) is 9.77. The summed E-state index contributed by atoms with van der Waals surface area (Å²) in [5, 5.41) is 3.29. The van der Waals surface area contributed by atoms with Crippen molar-refractivity contribution < 1.29 is 17.6 Å². The molecule has 0 saturated heterocycles. The molecule has 32 heavy (non-hydrogen) atoms. The summed E-state index contributed by atoms with van der Waals surface area (Å²) in [6.45, 7) is 0.0235. The highest BCUT2D eigenvalue weighted by Gasteiger charge is 2.28. The van der Waals surface area contributed by atoms with Crippen molar-refractivity contribution in [2.75, 3.05) is 23.1 Å². The maximum atomic E-state index is 13.3. The van der Waals surface area contributed by atoms with Crippen LogP contribution < -0.4 is 9.62 Å². The van der Waals surface area contributed by atoms with Crippen LogP contribution in [0.15, 0.2) is 76.2 Å². The molecular formula is C22H22Cl2N2O4S2. The zero-order valence-electron chi connectivity index (χ0n) is 17.0. The van der Waals surface area contributed by atoms with Crippen molar-refractivity contribution in [3.05, 3.63) is 82.7 Å². The first kappa shape index (κ1) is 24.5. The van der Waals surface area contributed by atoms with Crippen LogP contribution in [0.1, 0.15) is 12.2 Å². The first-order chi connectivity index (χ1) is 15.4. The summed E-state index contributed by atoms with van der Waals surface area (Å²) >= 11 is 13.9. The Bertz CT molecular complexity index is 1120. The molecule has 0 aliphatic heterocycles. The number of hydrogen-bond donors (Lipinski definition) is 1. The summed E-state index contributed by atoms with van der Waals surface area (Å²) in [7, 11) is -4.02. The number of furan rings is 1. The largest absolute Gasteiger partial charge is 0.468 e. The highest BCUT2D eigenvalue weighted by Crippen LogP contribution is 2.32. The van der Waals surface area contributed by atoms with Gasteiger partial charge in [-0.3, -0.25) is 9.10 Å². The van der Waals surface area contributed by atoms with Gasteiger partial charge in [-0.05, 0) is 54.6 Å². The number of halogens is 2. The number of nitrogens with one attached hydrogen (secondary N) is 1. The molecular weight excluding hydrogens is 491 g/mol. The van der Waals surface area contributed by atoms with Crippen molar-refractivity contribution in [1.29, 1.82) is 0 Å². The molecule has 170 valence electrons. The fraction of sp³-hybridized carbons (Fsp3) is 0.227. The van der Waals surface area contributed by atoms with E-state index in [4.69, 9.17) is 27.6 Å². The third kappa shape index (κ3) is 6.68. The molecule has 0 spiro atoms. The number of carbonyl (C=O) groups excluding carboxylic acids is 1. The Balaban J connectivity index is 1.64. The Morgan fingerprint density at radius 1 is 1.06 bits per heavy atom. The third-order valence-electron chi connectivity index (χ3n) is 4.41. The fourth-order valence-electron chi connectivity index (χ4n) is 2.86. The molecule has 0 bridgehead atoms. The van der Waals surface area contributed by atoms with Crippen molar-refractivity contribution in [3.63, 3.8) is 0 Å². The van der Waals surface area contributed by atoms with E-state index in [0.29, 0.717) is 11.6 Å². The lowest BCUT2D eigenvalue weighted by Crippen LogP contribution is -2.41. The number of rotatable bonds is 11. The van der Waals surface area contributed by atoms with Crippen molar-refractivity contribution in [2.24, 2.45) is 0 Å². The van der Waals surface area contributed by atoms with Gasteiger partial charge in [0.25, 0.3) is 10.0 Å². The monoisotopic (exact) mass is 512 g/mol. The third-order valence-corrected chi connectivity index (χ3v) is 7.79. The minimum atomic E-state index is -4.02. The summed E-state index contributed by atoms with van der Waals surface area (Å²) in [5.74, 6) is 2.07. The highest BCUT2D eigenvalue weighted by molar-refractivity contribution is 7.98. The first-order valence-corrected chi connectivity index (χ1v) is 13.1. The van der Waals surface area contributed by atoms with Gasteiger partial charge in [0.05, 0.1) is 27.6 Å². The van der Waals surface area contributed by atoms with E-state index in [0.717, 1.165) is 28.0 Å². The minimum absolute atomic E-state index is 0.0631. The molecule has 0 radical (unpaired) electrons. The topological polar surface area (TPSA) is 79.6 Å². The van der Waals surface area contributed by atoms with E-state index in [1.165, 1.54) is 30.3 Å². The molecule has 3 aromatic rings. The van der Waals surface area contributed by atoms with Crippen molar-refractivity contribution in [1.82, 2.24) is 5.32 Å². The standard InChI is InChI=1S/C22H22Cl2N2O4S2/c23-17-9-10-21(20(24)14-17)26(32(28,29)19-7-2-1-3-8-19)15-22(27)25-11-5-13-31-16-18-6-4-12-30-18/h1-4,6-10,12,14H,5,11,13,15-16H2,(H,25,27). The zero-order chi connectivity index (χ0) is 23.0. The average molecular weight is 513 g/mol. The number of amides is 1. The molecule has 2 aromatic carbocycles. The van der Waals surface area contributed by atoms with Crippen LogP contribution in [0.4, 0.5) is 5.69 Å². The van der Waals surface area contributed by atoms with E-state index in [2.05, 4.69) is 5.32 Å². The minimum Gasteiger partial charge on any atom is -0.468 e. The summed E-state index contributed by atoms with van der Waals surface area (Å²) in [6, 6.07) is 16.1. The van der Waals surface area contributed by atoms with Gasteiger partial charge < -0.3 is 9.73 Å². The molecule has 0 saturated carbocycles. The van der Waals surface area contributed by atoms with Gasteiger partial charge >= 0.3 is 0 Å². The zero-order valence-corrected chi connectivity index (χ0v) is 20.2. The lowest BCUT2D eigenvalue weighted by atomic mass is 10.3. The maximum absolute atomic E-state index is 13.3. The second-order valence-electron chi connectivity index (χ2n) is 6.76. The Morgan fingerprint density at radius 2 is 1.84 bits per heavy atom. The van der Waals surface area contributed by atoms with E-state index in [9.17, 15) is 13.2 Å². The number of nitrogens with zero attached hydrogens (tertiary/aromatic N) is 1. The van der Waals surface area contributed by atoms with Crippen LogP contribution in [0, 0.1) is 0 Å². The van der Waals surface area contributed by atoms with Gasteiger partial charge in [0.1, 0.15) is 12.3 Å². The molecule has 6 nitrogen and oxygen atoms in total. The molecule has 1 amide bonds. The van der Waals surface area contributed by atoms with Crippen molar-refractivity contribution in [2.45, 2.75) is 17.1 Å². The molecule has 0 aliphatic carbocycles. The van der Waals surface area contributed by atoms with Crippen LogP contribution in [-0.4, -0.2) is 33.2 Å². The second-order valence-corrected chi connectivity index (χ2v) is 10.6. The molecule has 0 unspecified atom stereocenters. The number of anilines is 1. The Kier molecular flexibility index (Phi) is 8.92. The predicted octanol–water partition coefficient (Wildman–Crippen LogP) is 5.22. The van der Waals surface area contributed by atoms with Crippen LogP contribution >= 0.6 is 35.0 Å². The van der Waals surface area contributed by atoms with Gasteiger partial charge in [-0.1, -0.05) is 41.4 Å². The quantitative estimate of drug-likeness (QED) is 0.356. The average Bonchev–Trinajstić information content (AvgIpc) is 3.29. The smallest absolute Gasteiger partial charge is 0.264 e. The fourth-order valence-corrected chi connectivity index (χ4v) is 5.74. The Labute approximate surface area is 201 Å². The lowest BCUT2D eigenvalue weighted by molar-refractivity contribution is -0.119. The van der Waals surface area contributed by atoms with E-state index in [1.807, 2.05) is 12.1 Å². The maximum Gasteiger partial charge on any atom is 0.264 e.